The van der Waals surface area contributed by atoms with Gasteiger partial charge in [0.2, 0.25) is 5.91 Å². The Kier molecular flexibility index (Phi) is 5.19. The molecule has 0 bridgehead atoms. The standard InChI is InChI=1S/C16H18N2O5/c1-11-8-12(23-9-14(19)20)2-3-13(11)18-15(21)16(10-17)4-6-22-7-5-16/h2-3,8H,4-7,9H2,1H3,(H,18,21)(H,19,20). The summed E-state index contributed by atoms with van der Waals surface area (Å²) >= 11 is 0. The number of rotatable bonds is 5. The molecule has 1 aliphatic rings. The third kappa shape index (κ3) is 3.99. The van der Waals surface area contributed by atoms with Crippen LogP contribution in [0.25, 0.3) is 0 Å². The Morgan fingerprint density at radius 2 is 2.13 bits per heavy atom. The minimum absolute atomic E-state index is 0.342. The van der Waals surface area contributed by atoms with E-state index >= 15 is 0 Å². The number of amides is 1. The van der Waals surface area contributed by atoms with E-state index in [1.807, 2.05) is 0 Å². The van der Waals surface area contributed by atoms with Gasteiger partial charge in [0.25, 0.3) is 0 Å². The normalized spacial score (nSPS) is 16.2. The molecule has 0 radical (unpaired) electrons. The average molecular weight is 318 g/mol. The predicted octanol–water partition coefficient (Wildman–Crippen LogP) is 1.72. The number of anilines is 1. The molecule has 2 N–H and O–H groups in total. The van der Waals surface area contributed by atoms with Gasteiger partial charge in [-0.3, -0.25) is 4.79 Å². The molecule has 1 aromatic rings. The minimum Gasteiger partial charge on any atom is -0.482 e. The number of nitrogens with one attached hydrogen (secondary N) is 1. The fourth-order valence-corrected chi connectivity index (χ4v) is 2.36. The van der Waals surface area contributed by atoms with Crippen LogP contribution in [-0.4, -0.2) is 36.8 Å². The number of nitriles is 1. The maximum absolute atomic E-state index is 12.5. The predicted molar refractivity (Wildman–Crippen MR) is 81.0 cm³/mol. The van der Waals surface area contributed by atoms with Crippen molar-refractivity contribution in [2.75, 3.05) is 25.1 Å². The van der Waals surface area contributed by atoms with Gasteiger partial charge in [0.05, 0.1) is 6.07 Å². The van der Waals surface area contributed by atoms with Crippen LogP contribution in [0.2, 0.25) is 0 Å². The average Bonchev–Trinajstić information content (AvgIpc) is 2.55. The Hall–Kier alpha value is -2.59. The molecular formula is C16H18N2O5. The summed E-state index contributed by atoms with van der Waals surface area (Å²) in [5.74, 6) is -0.995. The van der Waals surface area contributed by atoms with Gasteiger partial charge >= 0.3 is 5.97 Å². The molecule has 1 saturated heterocycles. The first-order chi connectivity index (χ1) is 11.0. The smallest absolute Gasteiger partial charge is 0.341 e. The molecule has 7 heteroatoms. The van der Waals surface area contributed by atoms with E-state index in [1.165, 1.54) is 0 Å². The maximum Gasteiger partial charge on any atom is 0.341 e. The SMILES string of the molecule is Cc1cc(OCC(=O)O)ccc1NC(=O)C1(C#N)CCOCC1. The Bertz CT molecular complexity index is 644. The van der Waals surface area contributed by atoms with E-state index in [-0.39, 0.29) is 5.91 Å². The quantitative estimate of drug-likeness (QED) is 0.855. The van der Waals surface area contributed by atoms with Gasteiger partial charge < -0.3 is 19.9 Å². The van der Waals surface area contributed by atoms with Crippen molar-refractivity contribution in [3.63, 3.8) is 0 Å². The number of hydrogen-bond acceptors (Lipinski definition) is 5. The lowest BCUT2D eigenvalue weighted by atomic mass is 9.81. The van der Waals surface area contributed by atoms with Crippen molar-refractivity contribution in [1.29, 1.82) is 5.26 Å². The monoisotopic (exact) mass is 318 g/mol. The van der Waals surface area contributed by atoms with E-state index in [4.69, 9.17) is 14.6 Å². The molecule has 7 nitrogen and oxygen atoms in total. The number of benzene rings is 1. The fraction of sp³-hybridized carbons (Fsp3) is 0.438. The molecule has 0 atom stereocenters. The second-order valence-electron chi connectivity index (χ2n) is 5.42. The fourth-order valence-electron chi connectivity index (χ4n) is 2.36. The lowest BCUT2D eigenvalue weighted by molar-refractivity contribution is -0.139. The molecule has 0 unspecified atom stereocenters. The van der Waals surface area contributed by atoms with Crippen LogP contribution in [0.3, 0.4) is 0 Å². The first kappa shape index (κ1) is 16.8. The third-order valence-electron chi connectivity index (χ3n) is 3.80. The number of carbonyl (C=O) groups is 2. The van der Waals surface area contributed by atoms with Crippen LogP contribution in [0.15, 0.2) is 18.2 Å². The number of aryl methyl sites for hydroxylation is 1. The molecule has 0 aromatic heterocycles. The zero-order valence-electron chi connectivity index (χ0n) is 12.8. The zero-order chi connectivity index (χ0) is 16.9. The van der Waals surface area contributed by atoms with Crippen molar-refractivity contribution >= 4 is 17.6 Å². The third-order valence-corrected chi connectivity index (χ3v) is 3.80. The summed E-state index contributed by atoms with van der Waals surface area (Å²) in [6.45, 7) is 2.12. The first-order valence-electron chi connectivity index (χ1n) is 7.22. The molecule has 23 heavy (non-hydrogen) atoms. The van der Waals surface area contributed by atoms with Crippen molar-refractivity contribution in [1.82, 2.24) is 0 Å². The molecule has 122 valence electrons. The highest BCUT2D eigenvalue weighted by Gasteiger charge is 2.40. The van der Waals surface area contributed by atoms with Crippen molar-refractivity contribution in [3.05, 3.63) is 23.8 Å². The van der Waals surface area contributed by atoms with E-state index in [0.717, 1.165) is 5.56 Å². The number of nitrogens with zero attached hydrogens (tertiary/aromatic N) is 1. The van der Waals surface area contributed by atoms with Gasteiger partial charge in [0, 0.05) is 18.9 Å². The molecule has 0 saturated carbocycles. The molecule has 0 aliphatic carbocycles. The maximum atomic E-state index is 12.5. The number of hydrogen-bond donors (Lipinski definition) is 2. The molecule has 2 rings (SSSR count). The highest BCUT2D eigenvalue weighted by atomic mass is 16.5. The summed E-state index contributed by atoms with van der Waals surface area (Å²) in [7, 11) is 0. The second kappa shape index (κ2) is 7.11. The first-order valence-corrected chi connectivity index (χ1v) is 7.22. The molecule has 1 aliphatic heterocycles. The van der Waals surface area contributed by atoms with Crippen LogP contribution in [0, 0.1) is 23.7 Å². The number of carboxylic acids is 1. The number of aliphatic carboxylic acids is 1. The largest absolute Gasteiger partial charge is 0.482 e. The summed E-state index contributed by atoms with van der Waals surface area (Å²) < 4.78 is 10.3. The van der Waals surface area contributed by atoms with Crippen LogP contribution in [0.4, 0.5) is 5.69 Å². The van der Waals surface area contributed by atoms with Crippen molar-refractivity contribution in [2.45, 2.75) is 19.8 Å². The zero-order valence-corrected chi connectivity index (χ0v) is 12.8. The van der Waals surface area contributed by atoms with E-state index in [1.54, 1.807) is 25.1 Å². The van der Waals surface area contributed by atoms with Gasteiger partial charge in [0.1, 0.15) is 11.2 Å². The van der Waals surface area contributed by atoms with Gasteiger partial charge in [-0.1, -0.05) is 0 Å². The Balaban J connectivity index is 2.09. The van der Waals surface area contributed by atoms with E-state index < -0.39 is 18.0 Å². The van der Waals surface area contributed by atoms with Gasteiger partial charge in [-0.05, 0) is 43.5 Å². The summed E-state index contributed by atoms with van der Waals surface area (Å²) in [6, 6.07) is 6.97. The lowest BCUT2D eigenvalue weighted by Gasteiger charge is -2.29. The minimum atomic E-state index is -1.07. The number of carboxylic acid groups (broad SMARTS) is 1. The summed E-state index contributed by atoms with van der Waals surface area (Å²) in [6.07, 6.45) is 0.738. The summed E-state index contributed by atoms with van der Waals surface area (Å²) in [5.41, 5.74) is 0.226. The van der Waals surface area contributed by atoms with Crippen molar-refractivity contribution < 1.29 is 24.2 Å². The van der Waals surface area contributed by atoms with Gasteiger partial charge in [-0.25, -0.2) is 4.79 Å². The Labute approximate surface area is 133 Å². The molecule has 1 aromatic carbocycles. The van der Waals surface area contributed by atoms with Gasteiger partial charge in [-0.15, -0.1) is 0 Å². The van der Waals surface area contributed by atoms with Gasteiger partial charge in [-0.2, -0.15) is 5.26 Å². The van der Waals surface area contributed by atoms with E-state index in [2.05, 4.69) is 11.4 Å². The molecule has 0 spiro atoms. The summed E-state index contributed by atoms with van der Waals surface area (Å²) in [5, 5.41) is 20.8. The Morgan fingerprint density at radius 3 is 2.70 bits per heavy atom. The highest BCUT2D eigenvalue weighted by molar-refractivity contribution is 5.97. The van der Waals surface area contributed by atoms with Crippen LogP contribution in [0.5, 0.6) is 5.75 Å². The van der Waals surface area contributed by atoms with Gasteiger partial charge in [0.15, 0.2) is 6.61 Å². The highest BCUT2D eigenvalue weighted by Crippen LogP contribution is 2.32. The molecule has 1 heterocycles. The lowest BCUT2D eigenvalue weighted by Crippen LogP contribution is -2.40. The van der Waals surface area contributed by atoms with Crippen molar-refractivity contribution in [3.8, 4) is 11.8 Å². The van der Waals surface area contributed by atoms with Crippen LogP contribution < -0.4 is 10.1 Å². The summed E-state index contributed by atoms with van der Waals surface area (Å²) in [4.78, 5) is 23.0. The van der Waals surface area contributed by atoms with Crippen LogP contribution in [0.1, 0.15) is 18.4 Å². The molecule has 1 fully saturated rings. The number of carbonyl (C=O) groups excluding carboxylic acids is 1. The van der Waals surface area contributed by atoms with Crippen LogP contribution >= 0.6 is 0 Å². The molecule has 1 amide bonds. The van der Waals surface area contributed by atoms with E-state index in [9.17, 15) is 14.9 Å². The Morgan fingerprint density at radius 1 is 1.43 bits per heavy atom. The second-order valence-corrected chi connectivity index (χ2v) is 5.42. The van der Waals surface area contributed by atoms with Crippen molar-refractivity contribution in [2.24, 2.45) is 5.41 Å². The number of ether oxygens (including phenoxy) is 2. The topological polar surface area (TPSA) is 109 Å². The van der Waals surface area contributed by atoms with Crippen LogP contribution in [-0.2, 0) is 14.3 Å². The molecular weight excluding hydrogens is 300 g/mol. The van der Waals surface area contributed by atoms with E-state index in [0.29, 0.717) is 37.5 Å².